The number of hydrogen-bond donors (Lipinski definition) is 3. The summed E-state index contributed by atoms with van der Waals surface area (Å²) in [7, 11) is 2.12. The fourth-order valence-corrected chi connectivity index (χ4v) is 4.04. The first-order chi connectivity index (χ1) is 15.7. The van der Waals surface area contributed by atoms with Crippen LogP contribution in [-0.4, -0.2) is 77.2 Å². The van der Waals surface area contributed by atoms with Gasteiger partial charge in [-0.3, -0.25) is 4.99 Å². The van der Waals surface area contributed by atoms with Crippen molar-refractivity contribution in [2.45, 2.75) is 18.9 Å². The number of aromatic nitrogens is 3. The lowest BCUT2D eigenvalue weighted by Crippen LogP contribution is -2.45. The van der Waals surface area contributed by atoms with E-state index < -0.39 is 0 Å². The highest BCUT2D eigenvalue weighted by atomic mass is 16.3. The van der Waals surface area contributed by atoms with E-state index in [1.165, 1.54) is 18.4 Å². The van der Waals surface area contributed by atoms with E-state index in [2.05, 4.69) is 43.5 Å². The molecule has 1 unspecified atom stereocenters. The van der Waals surface area contributed by atoms with Crippen LogP contribution in [0.4, 0.5) is 17.8 Å². The molecule has 3 aliphatic rings. The second-order valence-corrected chi connectivity index (χ2v) is 8.68. The van der Waals surface area contributed by atoms with Crippen LogP contribution in [0.15, 0.2) is 47.0 Å². The molecule has 5 rings (SSSR count). The molecule has 3 N–H and O–H groups in total. The van der Waals surface area contributed by atoms with E-state index in [0.29, 0.717) is 23.8 Å². The van der Waals surface area contributed by atoms with E-state index in [4.69, 9.17) is 9.97 Å². The number of aliphatic hydroxyl groups excluding tert-OH is 1. The van der Waals surface area contributed by atoms with Crippen LogP contribution in [0.5, 0.6) is 0 Å². The predicted octanol–water partition coefficient (Wildman–Crippen LogP) is 1.93. The fourth-order valence-electron chi connectivity index (χ4n) is 4.04. The zero-order valence-corrected chi connectivity index (χ0v) is 18.4. The topological polar surface area (TPSA) is 102 Å². The van der Waals surface area contributed by atoms with Crippen molar-refractivity contribution in [2.24, 2.45) is 10.9 Å². The number of nitrogens with zero attached hydrogens (tertiary/aromatic N) is 6. The average molecular weight is 435 g/mol. The lowest BCUT2D eigenvalue weighted by molar-refractivity contribution is 0.276. The molecule has 9 heteroatoms. The van der Waals surface area contributed by atoms with Crippen molar-refractivity contribution in [1.82, 2.24) is 19.9 Å². The molecular weight excluding hydrogens is 404 g/mol. The van der Waals surface area contributed by atoms with Gasteiger partial charge in [0.15, 0.2) is 0 Å². The van der Waals surface area contributed by atoms with Gasteiger partial charge in [0.25, 0.3) is 0 Å². The van der Waals surface area contributed by atoms with Crippen LogP contribution in [0, 0.1) is 5.92 Å². The Bertz CT molecular complexity index is 996. The molecule has 0 amide bonds. The lowest BCUT2D eigenvalue weighted by atomic mass is 10.1. The molecule has 1 saturated carbocycles. The number of aliphatic hydroxyl groups is 1. The van der Waals surface area contributed by atoms with Crippen LogP contribution in [0.1, 0.15) is 24.4 Å². The van der Waals surface area contributed by atoms with Crippen molar-refractivity contribution >= 4 is 23.7 Å². The Labute approximate surface area is 188 Å². The van der Waals surface area contributed by atoms with Crippen molar-refractivity contribution in [3.05, 3.63) is 47.5 Å². The maximum atomic E-state index is 9.98. The first-order valence-corrected chi connectivity index (χ1v) is 11.3. The molecule has 3 heterocycles. The SMILES string of the molecule is CN1CCN(c2nc(NC3=NCC(C4CC4)=C3)nc(NC(CO)c3ccccc3)n2)CC1. The van der Waals surface area contributed by atoms with Gasteiger partial charge in [0.1, 0.15) is 5.84 Å². The number of rotatable bonds is 7. The molecule has 2 fully saturated rings. The lowest BCUT2D eigenvalue weighted by Gasteiger charge is -2.32. The van der Waals surface area contributed by atoms with Gasteiger partial charge < -0.3 is 25.5 Å². The van der Waals surface area contributed by atoms with Crippen LogP contribution >= 0.6 is 0 Å². The van der Waals surface area contributed by atoms with Crippen molar-refractivity contribution in [3.63, 3.8) is 0 Å². The van der Waals surface area contributed by atoms with Crippen LogP contribution in [-0.2, 0) is 0 Å². The summed E-state index contributed by atoms with van der Waals surface area (Å²) in [6, 6.07) is 9.52. The van der Waals surface area contributed by atoms with Crippen molar-refractivity contribution in [1.29, 1.82) is 0 Å². The molecule has 0 bridgehead atoms. The maximum Gasteiger partial charge on any atom is 0.234 e. The van der Waals surface area contributed by atoms with E-state index in [9.17, 15) is 5.11 Å². The molecule has 0 radical (unpaired) electrons. The maximum absolute atomic E-state index is 9.98. The summed E-state index contributed by atoms with van der Waals surface area (Å²) >= 11 is 0. The second kappa shape index (κ2) is 9.22. The van der Waals surface area contributed by atoms with E-state index in [1.54, 1.807) is 0 Å². The third kappa shape index (κ3) is 4.89. The molecule has 9 nitrogen and oxygen atoms in total. The summed E-state index contributed by atoms with van der Waals surface area (Å²) in [5, 5.41) is 16.6. The third-order valence-corrected chi connectivity index (χ3v) is 6.19. The monoisotopic (exact) mass is 434 g/mol. The summed E-state index contributed by atoms with van der Waals surface area (Å²) in [5.74, 6) is 3.03. The van der Waals surface area contributed by atoms with Gasteiger partial charge in [-0.05, 0) is 43.0 Å². The number of amidine groups is 1. The van der Waals surface area contributed by atoms with Gasteiger partial charge >= 0.3 is 0 Å². The van der Waals surface area contributed by atoms with Crippen molar-refractivity contribution < 1.29 is 5.11 Å². The Morgan fingerprint density at radius 3 is 2.50 bits per heavy atom. The predicted molar refractivity (Wildman–Crippen MR) is 126 cm³/mol. The Morgan fingerprint density at radius 1 is 1.03 bits per heavy atom. The van der Waals surface area contributed by atoms with Crippen LogP contribution in [0.25, 0.3) is 0 Å². The molecule has 2 aliphatic heterocycles. The molecule has 1 atom stereocenters. The summed E-state index contributed by atoms with van der Waals surface area (Å²) in [6.45, 7) is 4.32. The van der Waals surface area contributed by atoms with Crippen LogP contribution in [0.2, 0.25) is 0 Å². The Morgan fingerprint density at radius 2 is 1.78 bits per heavy atom. The summed E-state index contributed by atoms with van der Waals surface area (Å²) in [4.78, 5) is 23.1. The molecule has 32 heavy (non-hydrogen) atoms. The largest absolute Gasteiger partial charge is 0.394 e. The highest BCUT2D eigenvalue weighted by Crippen LogP contribution is 2.37. The molecule has 1 aliphatic carbocycles. The van der Waals surface area contributed by atoms with E-state index >= 15 is 0 Å². The molecule has 0 spiro atoms. The standard InChI is InChI=1S/C23H30N8O/c1-30-9-11-31(12-10-30)23-28-21(25-19(15-32)17-5-3-2-4-6-17)27-22(29-23)26-20-13-18(14-24-20)16-7-8-16/h2-6,13,16,19,32H,7-12,14-15H2,1H3,(H2,24,25,26,27,28,29). The number of piperazine rings is 1. The van der Waals surface area contributed by atoms with Crippen molar-refractivity contribution in [2.75, 3.05) is 61.9 Å². The van der Waals surface area contributed by atoms with Gasteiger partial charge in [0, 0.05) is 26.2 Å². The molecule has 1 saturated heterocycles. The van der Waals surface area contributed by atoms with Gasteiger partial charge in [-0.1, -0.05) is 30.3 Å². The third-order valence-electron chi connectivity index (χ3n) is 6.19. The number of anilines is 3. The molecular formula is C23H30N8O. The van der Waals surface area contributed by atoms with Gasteiger partial charge in [-0.2, -0.15) is 15.0 Å². The summed E-state index contributed by atoms with van der Waals surface area (Å²) in [5.41, 5.74) is 2.37. The zero-order chi connectivity index (χ0) is 21.9. The van der Waals surface area contributed by atoms with Gasteiger partial charge in [0.05, 0.1) is 19.2 Å². The zero-order valence-electron chi connectivity index (χ0n) is 18.4. The Hall–Kier alpha value is -3.04. The molecule has 1 aromatic heterocycles. The minimum atomic E-state index is -0.308. The highest BCUT2D eigenvalue weighted by molar-refractivity contribution is 6.05. The van der Waals surface area contributed by atoms with Gasteiger partial charge in [-0.25, -0.2) is 0 Å². The average Bonchev–Trinajstić information content (AvgIpc) is 3.57. The number of nitrogens with one attached hydrogen (secondary N) is 2. The van der Waals surface area contributed by atoms with Crippen LogP contribution < -0.4 is 15.5 Å². The smallest absolute Gasteiger partial charge is 0.234 e. The van der Waals surface area contributed by atoms with E-state index in [0.717, 1.165) is 44.1 Å². The molecule has 1 aromatic carbocycles. The molecule has 168 valence electrons. The Kier molecular flexibility index (Phi) is 6.00. The second-order valence-electron chi connectivity index (χ2n) is 8.68. The van der Waals surface area contributed by atoms with Crippen LogP contribution in [0.3, 0.4) is 0 Å². The summed E-state index contributed by atoms with van der Waals surface area (Å²) < 4.78 is 0. The number of benzene rings is 1. The molecule has 2 aromatic rings. The highest BCUT2D eigenvalue weighted by Gasteiger charge is 2.28. The minimum Gasteiger partial charge on any atom is -0.394 e. The van der Waals surface area contributed by atoms with E-state index in [-0.39, 0.29) is 12.6 Å². The fraction of sp³-hybridized carbons (Fsp3) is 0.478. The number of aliphatic imine (C=N–C) groups is 1. The van der Waals surface area contributed by atoms with Gasteiger partial charge in [0.2, 0.25) is 17.8 Å². The normalized spacial score (nSPS) is 20.0. The minimum absolute atomic E-state index is 0.0670. The van der Waals surface area contributed by atoms with Crippen molar-refractivity contribution in [3.8, 4) is 0 Å². The van der Waals surface area contributed by atoms with Gasteiger partial charge in [-0.15, -0.1) is 0 Å². The summed E-state index contributed by atoms with van der Waals surface area (Å²) in [6.07, 6.45) is 4.67. The Balaban J connectivity index is 1.40. The number of hydrogen-bond acceptors (Lipinski definition) is 9. The van der Waals surface area contributed by atoms with E-state index in [1.807, 2.05) is 30.3 Å². The quantitative estimate of drug-likeness (QED) is 0.608. The first kappa shape index (κ1) is 20.8. The first-order valence-electron chi connectivity index (χ1n) is 11.3. The number of likely N-dealkylation sites (N-methyl/N-ethyl adjacent to an activating group) is 1.